The molecule has 0 amide bonds. The largest absolute Gasteiger partial charge is 0.384 e. The molecular formula is C10H21NO2. The summed E-state index contributed by atoms with van der Waals surface area (Å²) < 4.78 is 10.5. The number of methoxy groups -OCH3 is 1. The number of rotatable bonds is 6. The Bertz CT molecular complexity index is 133. The predicted molar refractivity (Wildman–Crippen MR) is 52.9 cm³/mol. The highest BCUT2D eigenvalue weighted by Gasteiger charge is 2.25. The highest BCUT2D eigenvalue weighted by molar-refractivity contribution is 4.78. The quantitative estimate of drug-likeness (QED) is 0.619. The molecule has 0 N–H and O–H groups in total. The maximum absolute atomic E-state index is 5.47. The molecule has 0 saturated carbocycles. The van der Waals surface area contributed by atoms with Crippen LogP contribution >= 0.6 is 0 Å². The zero-order valence-corrected chi connectivity index (χ0v) is 8.95. The van der Waals surface area contributed by atoms with Gasteiger partial charge in [-0.15, -0.1) is 0 Å². The number of ether oxygens (including phenoxy) is 2. The van der Waals surface area contributed by atoms with Gasteiger partial charge in [-0.2, -0.15) is 0 Å². The van der Waals surface area contributed by atoms with Crippen molar-refractivity contribution < 1.29 is 9.47 Å². The van der Waals surface area contributed by atoms with Gasteiger partial charge in [0.1, 0.15) is 0 Å². The van der Waals surface area contributed by atoms with Crippen molar-refractivity contribution in [3.63, 3.8) is 0 Å². The molecule has 0 aliphatic carbocycles. The number of hydrogen-bond acceptors (Lipinski definition) is 3. The lowest BCUT2D eigenvalue weighted by atomic mass is 10.0. The topological polar surface area (TPSA) is 21.7 Å². The molecule has 0 aromatic rings. The summed E-state index contributed by atoms with van der Waals surface area (Å²) >= 11 is 0. The maximum Gasteiger partial charge on any atom is 0.0596 e. The second-order valence-electron chi connectivity index (χ2n) is 4.00. The Morgan fingerprint density at radius 2 is 2.08 bits per heavy atom. The minimum absolute atomic E-state index is 0.357. The average molecular weight is 187 g/mol. The number of hydrogen-bond donors (Lipinski definition) is 0. The molecule has 1 fully saturated rings. The van der Waals surface area contributed by atoms with Crippen LogP contribution in [0.4, 0.5) is 0 Å². The third-order valence-electron chi connectivity index (χ3n) is 2.29. The van der Waals surface area contributed by atoms with Crippen LogP contribution in [0.2, 0.25) is 0 Å². The molecule has 0 bridgehead atoms. The summed E-state index contributed by atoms with van der Waals surface area (Å²) in [5.74, 6) is 0.754. The fraction of sp³-hybridized carbons (Fsp3) is 1.00. The van der Waals surface area contributed by atoms with Crippen LogP contribution in [0.25, 0.3) is 0 Å². The number of likely N-dealkylation sites (tertiary alicyclic amines) is 1. The first-order chi connectivity index (χ1) is 6.22. The van der Waals surface area contributed by atoms with Gasteiger partial charge >= 0.3 is 0 Å². The van der Waals surface area contributed by atoms with Crippen LogP contribution in [0.5, 0.6) is 0 Å². The molecule has 78 valence electrons. The third kappa shape index (κ3) is 4.07. The second-order valence-corrected chi connectivity index (χ2v) is 4.00. The first kappa shape index (κ1) is 11.0. The van der Waals surface area contributed by atoms with Crippen molar-refractivity contribution in [2.75, 3.05) is 40.0 Å². The fourth-order valence-corrected chi connectivity index (χ4v) is 1.62. The molecule has 0 unspecified atom stereocenters. The van der Waals surface area contributed by atoms with Gasteiger partial charge in [0, 0.05) is 32.7 Å². The lowest BCUT2D eigenvalue weighted by molar-refractivity contribution is 0.000677. The Morgan fingerprint density at radius 3 is 2.62 bits per heavy atom. The van der Waals surface area contributed by atoms with Crippen LogP contribution in [0.1, 0.15) is 13.8 Å². The second kappa shape index (κ2) is 5.58. The molecule has 3 nitrogen and oxygen atoms in total. The monoisotopic (exact) mass is 187 g/mol. The van der Waals surface area contributed by atoms with Gasteiger partial charge in [0.25, 0.3) is 0 Å². The Balaban J connectivity index is 1.90. The Kier molecular flexibility index (Phi) is 4.70. The Labute approximate surface area is 81.0 Å². The molecule has 0 aromatic carbocycles. The Morgan fingerprint density at radius 1 is 1.38 bits per heavy atom. The normalized spacial score (nSPS) is 19.4. The first-order valence-corrected chi connectivity index (χ1v) is 5.05. The van der Waals surface area contributed by atoms with Crippen molar-refractivity contribution in [1.29, 1.82) is 0 Å². The van der Waals surface area contributed by atoms with E-state index in [4.69, 9.17) is 9.47 Å². The zero-order chi connectivity index (χ0) is 9.68. The molecule has 0 spiro atoms. The van der Waals surface area contributed by atoms with Crippen LogP contribution in [0.15, 0.2) is 0 Å². The van der Waals surface area contributed by atoms with E-state index in [0.717, 1.165) is 25.7 Å². The van der Waals surface area contributed by atoms with Crippen LogP contribution < -0.4 is 0 Å². The summed E-state index contributed by atoms with van der Waals surface area (Å²) in [6, 6.07) is 0. The molecule has 1 aliphatic heterocycles. The number of nitrogens with zero attached hydrogens (tertiary/aromatic N) is 1. The zero-order valence-electron chi connectivity index (χ0n) is 8.95. The van der Waals surface area contributed by atoms with Crippen molar-refractivity contribution in [3.8, 4) is 0 Å². The highest BCUT2D eigenvalue weighted by Crippen LogP contribution is 2.14. The average Bonchev–Trinajstić information content (AvgIpc) is 1.99. The van der Waals surface area contributed by atoms with Gasteiger partial charge < -0.3 is 14.4 Å². The SMILES string of the molecule is COCC1CN(CCOC(C)C)C1. The van der Waals surface area contributed by atoms with Gasteiger partial charge in [-0.1, -0.05) is 0 Å². The minimum Gasteiger partial charge on any atom is -0.384 e. The maximum atomic E-state index is 5.47. The van der Waals surface area contributed by atoms with E-state index in [1.54, 1.807) is 7.11 Å². The van der Waals surface area contributed by atoms with E-state index in [2.05, 4.69) is 18.7 Å². The molecule has 3 heteroatoms. The van der Waals surface area contributed by atoms with Gasteiger partial charge in [0.15, 0.2) is 0 Å². The lowest BCUT2D eigenvalue weighted by Gasteiger charge is -2.38. The lowest BCUT2D eigenvalue weighted by Crippen LogP contribution is -2.49. The smallest absolute Gasteiger partial charge is 0.0596 e. The van der Waals surface area contributed by atoms with Crippen LogP contribution in [0.3, 0.4) is 0 Å². The molecule has 1 heterocycles. The van der Waals surface area contributed by atoms with Crippen LogP contribution in [-0.2, 0) is 9.47 Å². The summed E-state index contributed by atoms with van der Waals surface area (Å²) in [6.07, 6.45) is 0.357. The minimum atomic E-state index is 0.357. The van der Waals surface area contributed by atoms with Gasteiger partial charge in [-0.3, -0.25) is 0 Å². The fourth-order valence-electron chi connectivity index (χ4n) is 1.62. The molecule has 1 saturated heterocycles. The van der Waals surface area contributed by atoms with Gasteiger partial charge in [0.05, 0.1) is 19.3 Å². The third-order valence-corrected chi connectivity index (χ3v) is 2.29. The van der Waals surface area contributed by atoms with Crippen LogP contribution in [-0.4, -0.2) is 51.0 Å². The molecule has 0 aromatic heterocycles. The highest BCUT2D eigenvalue weighted by atomic mass is 16.5. The summed E-state index contributed by atoms with van der Waals surface area (Å²) in [5.41, 5.74) is 0. The molecule has 1 aliphatic rings. The van der Waals surface area contributed by atoms with Crippen molar-refractivity contribution in [1.82, 2.24) is 4.90 Å². The summed E-state index contributed by atoms with van der Waals surface area (Å²) in [7, 11) is 1.77. The van der Waals surface area contributed by atoms with Crippen molar-refractivity contribution in [3.05, 3.63) is 0 Å². The van der Waals surface area contributed by atoms with E-state index >= 15 is 0 Å². The van der Waals surface area contributed by atoms with E-state index in [-0.39, 0.29) is 0 Å². The Hall–Kier alpha value is -0.120. The van der Waals surface area contributed by atoms with Gasteiger partial charge in [-0.05, 0) is 13.8 Å². The van der Waals surface area contributed by atoms with Gasteiger partial charge in [-0.25, -0.2) is 0 Å². The first-order valence-electron chi connectivity index (χ1n) is 5.05. The summed E-state index contributed by atoms with van der Waals surface area (Å²) in [6.45, 7) is 9.33. The van der Waals surface area contributed by atoms with E-state index < -0.39 is 0 Å². The van der Waals surface area contributed by atoms with E-state index in [0.29, 0.717) is 6.10 Å². The summed E-state index contributed by atoms with van der Waals surface area (Å²) in [5, 5.41) is 0. The summed E-state index contributed by atoms with van der Waals surface area (Å²) in [4.78, 5) is 2.41. The van der Waals surface area contributed by atoms with E-state index in [1.165, 1.54) is 13.1 Å². The van der Waals surface area contributed by atoms with E-state index in [1.807, 2.05) is 0 Å². The predicted octanol–water partition coefficient (Wildman–Crippen LogP) is 0.990. The van der Waals surface area contributed by atoms with Crippen molar-refractivity contribution in [2.45, 2.75) is 20.0 Å². The van der Waals surface area contributed by atoms with Crippen molar-refractivity contribution >= 4 is 0 Å². The van der Waals surface area contributed by atoms with Crippen LogP contribution in [0, 0.1) is 5.92 Å². The van der Waals surface area contributed by atoms with E-state index in [9.17, 15) is 0 Å². The molecule has 0 atom stereocenters. The van der Waals surface area contributed by atoms with Crippen molar-refractivity contribution in [2.24, 2.45) is 5.92 Å². The standard InChI is InChI=1S/C10H21NO2/c1-9(2)13-5-4-11-6-10(7-11)8-12-3/h9-10H,4-8H2,1-3H3. The molecular weight excluding hydrogens is 166 g/mol. The molecule has 1 rings (SSSR count). The molecule has 0 radical (unpaired) electrons. The van der Waals surface area contributed by atoms with Gasteiger partial charge in [0.2, 0.25) is 0 Å². The molecule has 13 heavy (non-hydrogen) atoms.